The van der Waals surface area contributed by atoms with Crippen molar-refractivity contribution >= 4 is 40.5 Å². The molecule has 2 aromatic rings. The first-order valence-electron chi connectivity index (χ1n) is 6.21. The van der Waals surface area contributed by atoms with Crippen molar-refractivity contribution in [3.8, 4) is 0 Å². The van der Waals surface area contributed by atoms with E-state index in [-0.39, 0.29) is 10.6 Å². The SMILES string of the molecule is CN(C)c1ccc(C(=O)C(=O)c2ccc(Cl)cc2Cl)cc1. The summed E-state index contributed by atoms with van der Waals surface area (Å²) in [6, 6.07) is 11.2. The van der Waals surface area contributed by atoms with Crippen LogP contribution < -0.4 is 4.90 Å². The van der Waals surface area contributed by atoms with Gasteiger partial charge >= 0.3 is 0 Å². The van der Waals surface area contributed by atoms with Gasteiger partial charge in [0.25, 0.3) is 0 Å². The van der Waals surface area contributed by atoms with Gasteiger partial charge in [-0.25, -0.2) is 0 Å². The highest BCUT2D eigenvalue weighted by Crippen LogP contribution is 2.23. The second-order valence-electron chi connectivity index (χ2n) is 4.72. The molecule has 21 heavy (non-hydrogen) atoms. The van der Waals surface area contributed by atoms with Gasteiger partial charge < -0.3 is 4.90 Å². The largest absolute Gasteiger partial charge is 0.378 e. The second-order valence-corrected chi connectivity index (χ2v) is 5.57. The van der Waals surface area contributed by atoms with Gasteiger partial charge in [-0.2, -0.15) is 0 Å². The standard InChI is InChI=1S/C16H13Cl2NO2/c1-19(2)12-6-3-10(4-7-12)15(20)16(21)13-8-5-11(17)9-14(13)18/h3-9H,1-2H3. The molecule has 0 saturated carbocycles. The van der Waals surface area contributed by atoms with E-state index in [1.54, 1.807) is 24.3 Å². The molecule has 0 bridgehead atoms. The highest BCUT2D eigenvalue weighted by atomic mass is 35.5. The van der Waals surface area contributed by atoms with Crippen LogP contribution >= 0.6 is 23.2 Å². The first kappa shape index (κ1) is 15.5. The van der Waals surface area contributed by atoms with Gasteiger partial charge in [0.1, 0.15) is 0 Å². The van der Waals surface area contributed by atoms with Gasteiger partial charge in [-0.1, -0.05) is 23.2 Å². The Labute approximate surface area is 133 Å². The number of benzene rings is 2. The minimum Gasteiger partial charge on any atom is -0.378 e. The third-order valence-corrected chi connectivity index (χ3v) is 3.58. The number of anilines is 1. The lowest BCUT2D eigenvalue weighted by Gasteiger charge is -2.12. The lowest BCUT2D eigenvalue weighted by atomic mass is 10.0. The Kier molecular flexibility index (Phi) is 4.66. The highest BCUT2D eigenvalue weighted by Gasteiger charge is 2.20. The third-order valence-electron chi connectivity index (χ3n) is 3.03. The van der Waals surface area contributed by atoms with E-state index in [1.165, 1.54) is 18.2 Å². The van der Waals surface area contributed by atoms with Crippen LogP contribution in [0.2, 0.25) is 10.0 Å². The average Bonchev–Trinajstić information content (AvgIpc) is 2.46. The molecule has 0 fully saturated rings. The number of ketones is 2. The van der Waals surface area contributed by atoms with E-state index in [4.69, 9.17) is 23.2 Å². The van der Waals surface area contributed by atoms with Crippen LogP contribution in [0.15, 0.2) is 42.5 Å². The van der Waals surface area contributed by atoms with Crippen molar-refractivity contribution < 1.29 is 9.59 Å². The fraction of sp³-hybridized carbons (Fsp3) is 0.125. The van der Waals surface area contributed by atoms with Crippen LogP contribution in [0, 0.1) is 0 Å². The number of nitrogens with zero attached hydrogens (tertiary/aromatic N) is 1. The van der Waals surface area contributed by atoms with Crippen LogP contribution in [0.1, 0.15) is 20.7 Å². The van der Waals surface area contributed by atoms with Crippen LogP contribution in [0.25, 0.3) is 0 Å². The molecule has 0 unspecified atom stereocenters. The van der Waals surface area contributed by atoms with Gasteiger partial charge in [-0.3, -0.25) is 9.59 Å². The predicted octanol–water partition coefficient (Wildman–Crippen LogP) is 4.13. The molecule has 0 heterocycles. The molecule has 3 nitrogen and oxygen atoms in total. The van der Waals surface area contributed by atoms with Crippen molar-refractivity contribution in [2.24, 2.45) is 0 Å². The lowest BCUT2D eigenvalue weighted by molar-refractivity contribution is 0.0817. The monoisotopic (exact) mass is 321 g/mol. The Morgan fingerprint density at radius 1 is 0.905 bits per heavy atom. The van der Waals surface area contributed by atoms with Crippen LogP contribution in [-0.4, -0.2) is 25.7 Å². The van der Waals surface area contributed by atoms with Gasteiger partial charge in [0.15, 0.2) is 0 Å². The Hall–Kier alpha value is -1.84. The number of Topliss-reactive ketones (excluding diaryl/α,β-unsaturated/α-hetero) is 2. The molecule has 0 radical (unpaired) electrons. The van der Waals surface area contributed by atoms with Crippen molar-refractivity contribution in [1.82, 2.24) is 0 Å². The molecule has 0 aliphatic rings. The fourth-order valence-electron chi connectivity index (χ4n) is 1.84. The van der Waals surface area contributed by atoms with Gasteiger partial charge in [-0.15, -0.1) is 0 Å². The average molecular weight is 322 g/mol. The van der Waals surface area contributed by atoms with Crippen LogP contribution in [0.3, 0.4) is 0 Å². The zero-order chi connectivity index (χ0) is 15.6. The summed E-state index contributed by atoms with van der Waals surface area (Å²) in [5.74, 6) is -1.24. The lowest BCUT2D eigenvalue weighted by Crippen LogP contribution is -2.15. The summed E-state index contributed by atoms with van der Waals surface area (Å²) in [6.45, 7) is 0. The van der Waals surface area contributed by atoms with Crippen LogP contribution in [0.4, 0.5) is 5.69 Å². The van der Waals surface area contributed by atoms with Crippen LogP contribution in [-0.2, 0) is 0 Å². The molecular weight excluding hydrogens is 309 g/mol. The molecule has 0 saturated heterocycles. The topological polar surface area (TPSA) is 37.4 Å². The molecule has 2 aromatic carbocycles. The number of carbonyl (C=O) groups is 2. The number of rotatable bonds is 4. The molecule has 2 rings (SSSR count). The van der Waals surface area contributed by atoms with Crippen molar-refractivity contribution in [3.63, 3.8) is 0 Å². The summed E-state index contributed by atoms with van der Waals surface area (Å²) in [6.07, 6.45) is 0. The molecule has 0 N–H and O–H groups in total. The Balaban J connectivity index is 2.28. The summed E-state index contributed by atoms with van der Waals surface area (Å²) >= 11 is 11.7. The maximum absolute atomic E-state index is 12.2. The number of carbonyl (C=O) groups excluding carboxylic acids is 2. The van der Waals surface area contributed by atoms with E-state index in [9.17, 15) is 9.59 Å². The van der Waals surface area contributed by atoms with Crippen molar-refractivity contribution in [2.45, 2.75) is 0 Å². The van der Waals surface area contributed by atoms with Crippen molar-refractivity contribution in [2.75, 3.05) is 19.0 Å². The van der Waals surface area contributed by atoms with Gasteiger partial charge in [0.2, 0.25) is 11.6 Å². The van der Waals surface area contributed by atoms with Gasteiger partial charge in [0, 0.05) is 35.9 Å². The molecule has 0 aromatic heterocycles. The van der Waals surface area contributed by atoms with E-state index < -0.39 is 11.6 Å². The fourth-order valence-corrected chi connectivity index (χ4v) is 2.33. The van der Waals surface area contributed by atoms with E-state index in [2.05, 4.69) is 0 Å². The Morgan fingerprint density at radius 3 is 2.05 bits per heavy atom. The summed E-state index contributed by atoms with van der Waals surface area (Å²) in [4.78, 5) is 26.3. The predicted molar refractivity (Wildman–Crippen MR) is 85.9 cm³/mol. The summed E-state index contributed by atoms with van der Waals surface area (Å²) in [7, 11) is 3.80. The second kappa shape index (κ2) is 6.29. The van der Waals surface area contributed by atoms with Gasteiger partial charge in [-0.05, 0) is 42.5 Å². The highest BCUT2D eigenvalue weighted by molar-refractivity contribution is 6.52. The normalized spacial score (nSPS) is 10.3. The van der Waals surface area contributed by atoms with E-state index in [1.807, 2.05) is 19.0 Å². The molecule has 108 valence electrons. The summed E-state index contributed by atoms with van der Waals surface area (Å²) in [5.41, 5.74) is 1.43. The number of halogens is 2. The summed E-state index contributed by atoms with van der Waals surface area (Å²) < 4.78 is 0. The van der Waals surface area contributed by atoms with Crippen molar-refractivity contribution in [3.05, 3.63) is 63.6 Å². The van der Waals surface area contributed by atoms with Crippen molar-refractivity contribution in [1.29, 1.82) is 0 Å². The molecule has 0 spiro atoms. The van der Waals surface area contributed by atoms with E-state index >= 15 is 0 Å². The Morgan fingerprint density at radius 2 is 1.52 bits per heavy atom. The first-order valence-corrected chi connectivity index (χ1v) is 6.97. The zero-order valence-electron chi connectivity index (χ0n) is 11.6. The summed E-state index contributed by atoms with van der Waals surface area (Å²) in [5, 5.41) is 0.588. The molecule has 0 aliphatic heterocycles. The van der Waals surface area contributed by atoms with E-state index in [0.29, 0.717) is 10.6 Å². The minimum absolute atomic E-state index is 0.155. The van der Waals surface area contributed by atoms with E-state index in [0.717, 1.165) is 5.69 Å². The first-order chi connectivity index (χ1) is 9.90. The maximum Gasteiger partial charge on any atom is 0.235 e. The Bertz CT molecular complexity index is 694. The third kappa shape index (κ3) is 3.43. The maximum atomic E-state index is 12.2. The molecule has 0 aliphatic carbocycles. The smallest absolute Gasteiger partial charge is 0.235 e. The quantitative estimate of drug-likeness (QED) is 0.627. The number of hydrogen-bond donors (Lipinski definition) is 0. The van der Waals surface area contributed by atoms with Crippen LogP contribution in [0.5, 0.6) is 0 Å². The molecule has 0 amide bonds. The zero-order valence-corrected chi connectivity index (χ0v) is 13.1. The number of hydrogen-bond acceptors (Lipinski definition) is 3. The molecular formula is C16H13Cl2NO2. The molecule has 0 atom stereocenters. The van der Waals surface area contributed by atoms with Gasteiger partial charge in [0.05, 0.1) is 5.02 Å². The minimum atomic E-state index is -0.644. The molecule has 5 heteroatoms.